The van der Waals surface area contributed by atoms with Crippen LogP contribution in [0.5, 0.6) is 0 Å². The van der Waals surface area contributed by atoms with Crippen LogP contribution in [0, 0.1) is 0 Å². The van der Waals surface area contributed by atoms with Gasteiger partial charge in [-0.15, -0.1) is 0 Å². The van der Waals surface area contributed by atoms with Crippen molar-refractivity contribution in [1.82, 2.24) is 31.9 Å². The van der Waals surface area contributed by atoms with Crippen molar-refractivity contribution in [3.8, 4) is 0 Å². The Morgan fingerprint density at radius 3 is 0.516 bits per heavy atom. The molecule has 696 valence electrons. The second-order valence-corrected chi connectivity index (χ2v) is 23.9. The molecular formula is C80H106N6O40. The van der Waals surface area contributed by atoms with Gasteiger partial charge in [0.25, 0.3) is 0 Å². The zero-order chi connectivity index (χ0) is 96.2. The van der Waals surface area contributed by atoms with Gasteiger partial charge in [-0.2, -0.15) is 0 Å². The van der Waals surface area contributed by atoms with E-state index < -0.39 is 182 Å². The summed E-state index contributed by atoms with van der Waals surface area (Å²) in [5.41, 5.74) is -6.35. The van der Waals surface area contributed by atoms with Gasteiger partial charge in [0.2, 0.25) is 0 Å². The Morgan fingerprint density at radius 1 is 0.190 bits per heavy atom. The van der Waals surface area contributed by atoms with Crippen molar-refractivity contribution in [3.63, 3.8) is 0 Å². The van der Waals surface area contributed by atoms with E-state index in [4.69, 9.17) is 75.8 Å². The number of carbonyl (C=O) groups is 20. The Hall–Kier alpha value is -15.4. The van der Waals surface area contributed by atoms with Crippen molar-refractivity contribution in [1.29, 1.82) is 0 Å². The van der Waals surface area contributed by atoms with Gasteiger partial charge in [0.15, 0.2) is 0 Å². The van der Waals surface area contributed by atoms with Gasteiger partial charge in [0.05, 0.1) is 65.9 Å². The van der Waals surface area contributed by atoms with Crippen LogP contribution >= 0.6 is 0 Å². The van der Waals surface area contributed by atoms with Crippen molar-refractivity contribution in [2.75, 3.05) is 145 Å². The molecular weight excluding hydrogens is 1680 g/mol. The van der Waals surface area contributed by atoms with Crippen LogP contribution in [0.2, 0.25) is 0 Å². The Balaban J connectivity index is -0.000000856. The van der Waals surface area contributed by atoms with Gasteiger partial charge in [-0.25, -0.2) is 95.9 Å². The lowest BCUT2D eigenvalue weighted by atomic mass is 10.0. The smallest absolute Gasteiger partial charge is 0.407 e. The number of carbonyl (C=O) groups excluding carboxylic acids is 20. The number of hydrogen-bond donors (Lipinski definition) is 6. The highest BCUT2D eigenvalue weighted by Crippen LogP contribution is 2.15. The van der Waals surface area contributed by atoms with E-state index in [1.165, 1.54) is 13.8 Å². The van der Waals surface area contributed by atoms with Crippen molar-refractivity contribution >= 4 is 120 Å². The van der Waals surface area contributed by atoms with E-state index in [0.717, 1.165) is 85.1 Å². The third kappa shape index (κ3) is 65.4. The van der Waals surface area contributed by atoms with Crippen LogP contribution in [0.1, 0.15) is 39.5 Å². The van der Waals surface area contributed by atoms with Crippen LogP contribution in [-0.2, 0) is 162 Å². The molecule has 0 aliphatic rings. The number of amides is 6. The van der Waals surface area contributed by atoms with E-state index >= 15 is 0 Å². The van der Waals surface area contributed by atoms with Crippen LogP contribution in [-0.4, -0.2) is 288 Å². The number of rotatable bonds is 60. The van der Waals surface area contributed by atoms with Crippen LogP contribution in [0.15, 0.2) is 177 Å². The molecule has 0 aromatic carbocycles. The quantitative estimate of drug-likeness (QED) is 0.0220. The Kier molecular flexibility index (Phi) is 66.1. The summed E-state index contributed by atoms with van der Waals surface area (Å²) < 4.78 is 98.0. The molecule has 0 aliphatic carbocycles. The molecule has 0 saturated carbocycles. The molecule has 0 rings (SSSR count). The monoisotopic (exact) mass is 1790 g/mol. The molecule has 46 nitrogen and oxygen atoms in total. The van der Waals surface area contributed by atoms with Gasteiger partial charge in [-0.1, -0.05) is 92.1 Å². The third-order valence-electron chi connectivity index (χ3n) is 13.2. The zero-order valence-electron chi connectivity index (χ0n) is 69.7. The molecule has 0 aromatic heterocycles. The lowest BCUT2D eigenvalue weighted by Gasteiger charge is -2.32. The summed E-state index contributed by atoms with van der Waals surface area (Å²) in [6.07, 6.45) is 8.08. The van der Waals surface area contributed by atoms with Crippen LogP contribution in [0.4, 0.5) is 28.8 Å². The van der Waals surface area contributed by atoms with E-state index in [2.05, 4.69) is 143 Å². The number of ether oxygens (including phenoxy) is 20. The molecule has 0 radical (unpaired) electrons. The summed E-state index contributed by atoms with van der Waals surface area (Å²) in [7, 11) is 0. The fraction of sp³-hybridized carbons (Fsp3) is 0.400. The summed E-state index contributed by atoms with van der Waals surface area (Å²) in [5.74, 6) is -10.6. The van der Waals surface area contributed by atoms with Crippen molar-refractivity contribution in [3.05, 3.63) is 177 Å². The minimum Gasteiger partial charge on any atom is -0.462 e. The number of esters is 14. The molecule has 46 heteroatoms. The summed E-state index contributed by atoms with van der Waals surface area (Å²) in [6, 6.07) is 0. The maximum absolute atomic E-state index is 12.7. The second kappa shape index (κ2) is 71.3. The predicted octanol–water partition coefficient (Wildman–Crippen LogP) is 3.07. The van der Waals surface area contributed by atoms with Crippen LogP contribution in [0.3, 0.4) is 0 Å². The first-order chi connectivity index (χ1) is 59.7. The number of alkyl carbamates (subject to hydrolysis) is 6. The van der Waals surface area contributed by atoms with E-state index in [9.17, 15) is 95.9 Å². The largest absolute Gasteiger partial charge is 0.462 e. The van der Waals surface area contributed by atoms with Gasteiger partial charge in [0, 0.05) is 111 Å². The fourth-order valence-electron chi connectivity index (χ4n) is 7.05. The molecule has 0 spiro atoms. The maximum Gasteiger partial charge on any atom is 0.407 e. The summed E-state index contributed by atoms with van der Waals surface area (Å²) in [5, 5.41) is 14.3. The summed E-state index contributed by atoms with van der Waals surface area (Å²) in [6.45, 7) is 42.6. The second-order valence-electron chi connectivity index (χ2n) is 23.9. The highest BCUT2D eigenvalue weighted by atomic mass is 16.6. The van der Waals surface area contributed by atoms with Crippen LogP contribution < -0.4 is 31.9 Å². The molecule has 126 heavy (non-hydrogen) atoms. The lowest BCUT2D eigenvalue weighted by Crippen LogP contribution is -2.59. The predicted molar refractivity (Wildman–Crippen MR) is 434 cm³/mol. The average molecular weight is 1790 g/mol. The third-order valence-corrected chi connectivity index (χ3v) is 13.2. The normalized spacial score (nSPS) is 9.98. The molecule has 0 aliphatic heterocycles. The molecule has 0 unspecified atom stereocenters. The van der Waals surface area contributed by atoms with Gasteiger partial charge < -0.3 is 127 Å². The number of nitrogens with one attached hydrogen (secondary N) is 6. The van der Waals surface area contributed by atoms with E-state index in [1.54, 1.807) is 0 Å². The molecule has 0 aromatic rings. The molecule has 0 atom stereocenters. The molecule has 0 heterocycles. The maximum atomic E-state index is 12.7. The van der Waals surface area contributed by atoms with E-state index in [-0.39, 0.29) is 118 Å². The Bertz CT molecular complexity index is 3390. The average Bonchev–Trinajstić information content (AvgIpc) is 0.846. The van der Waals surface area contributed by atoms with Crippen molar-refractivity contribution in [2.24, 2.45) is 0 Å². The summed E-state index contributed by atoms with van der Waals surface area (Å²) >= 11 is 0. The lowest BCUT2D eigenvalue weighted by molar-refractivity contribution is -0.152. The molecule has 0 saturated heterocycles. The first kappa shape index (κ1) is 117. The fourth-order valence-corrected chi connectivity index (χ4v) is 7.05. The van der Waals surface area contributed by atoms with Crippen LogP contribution in [0.25, 0.3) is 0 Å². The number of hydrogen-bond acceptors (Lipinski definition) is 40. The zero-order valence-corrected chi connectivity index (χ0v) is 69.7. The Labute approximate surface area is 724 Å². The SMILES string of the molecule is C=CC(=O)OCC(C)(COC(=O)C=C)NC(=O)OCCCOC(=O)NC(C)(COC(=O)C=C)COC(=O)C=C.C=CC(=O)OCC(COC(=O)C=C)(COC(=O)C=C)NC(=O)OCCCOC(=O)NC(COC(=O)C=C)(COC(=O)C=C)COC(=O)C=C.C=CC(=O)OCCCOC(=O)C=C.C=CC(=O)OCCNC(=O)OCCCOC(=O)NCCOC(=O)C=C. The molecule has 0 fully saturated rings. The first-order valence-electron chi connectivity index (χ1n) is 36.4. The van der Waals surface area contributed by atoms with Crippen molar-refractivity contribution < 1.29 is 191 Å². The standard InChI is InChI=1S/C31H38N2O16.C25H34N2O12.C15H22N2O8.C9H12O4/c1-7-22(34)44-16-30(17-45-23(35)8-2,18-46-24(36)9-3)32-28(40)42-14-13-15-43-29(41)33-31(19-47-25(37)10-4,20-48-26(38)11-5)21-49-27(39)12-6;1-7-18(28)36-14-24(5,15-37-19(29)8-2)26-22(32)34-12-11-13-35-23(33)27-25(6,16-38-20(30)9-3)17-39-21(31)10-4;1-3-12(18)22-10-6-16-14(20)24-8-5-9-25-15(21)17-7-11-23-13(19)4-2;1-3-8(10)12-6-5-7-13-9(11)4-2/h7-12H,1-6,13-21H2,(H,32,40)(H,33,41);7-10H,1-4,11-17H2,5-6H3,(H,26,32)(H,27,33);3-4H,1-2,5-11H2,(H,16,20)(H,17,21);3-4H,1-2,5-7H2. The minimum atomic E-state index is -1.84. The van der Waals surface area contributed by atoms with E-state index in [1.807, 2.05) is 0 Å². The first-order valence-corrected chi connectivity index (χ1v) is 36.4. The van der Waals surface area contributed by atoms with E-state index in [0.29, 0.717) is 12.8 Å². The highest BCUT2D eigenvalue weighted by Gasteiger charge is 2.40. The van der Waals surface area contributed by atoms with Gasteiger partial charge in [-0.05, 0) is 13.8 Å². The van der Waals surface area contributed by atoms with Crippen molar-refractivity contribution in [2.45, 2.75) is 61.7 Å². The van der Waals surface area contributed by atoms with Gasteiger partial charge in [0.1, 0.15) is 101 Å². The summed E-state index contributed by atoms with van der Waals surface area (Å²) in [4.78, 5) is 230. The minimum absolute atomic E-state index is 0.00530. The molecule has 6 N–H and O–H groups in total. The molecule has 0 bridgehead atoms. The topological polar surface area (TPSA) is 598 Å². The molecule has 6 amide bonds. The van der Waals surface area contributed by atoms with Gasteiger partial charge in [-0.3, -0.25) is 0 Å². The Morgan fingerprint density at radius 2 is 0.333 bits per heavy atom. The van der Waals surface area contributed by atoms with Gasteiger partial charge >= 0.3 is 120 Å². The highest BCUT2D eigenvalue weighted by molar-refractivity contribution is 5.87.